The van der Waals surface area contributed by atoms with E-state index in [1.54, 1.807) is 12.1 Å². The number of nitrogens with zero attached hydrogens (tertiary/aromatic N) is 4. The Morgan fingerprint density at radius 2 is 2.19 bits per heavy atom. The van der Waals surface area contributed by atoms with Crippen molar-refractivity contribution in [2.45, 2.75) is 45.2 Å². The number of benzene rings is 1. The lowest BCUT2D eigenvalue weighted by Crippen LogP contribution is -2.41. The van der Waals surface area contributed by atoms with Gasteiger partial charge in [0.2, 0.25) is 5.91 Å². The fourth-order valence-corrected chi connectivity index (χ4v) is 4.36. The van der Waals surface area contributed by atoms with Gasteiger partial charge in [-0.1, -0.05) is 28.9 Å². The minimum atomic E-state index is -0.491. The largest absolute Gasteiger partial charge is 0.346 e. The number of likely N-dealkylation sites (tertiary alicyclic amines) is 1. The number of carbonyl (C=O) groups excluding carboxylic acids is 1. The van der Waals surface area contributed by atoms with Crippen molar-refractivity contribution in [1.82, 2.24) is 19.2 Å². The first kappa shape index (κ1) is 18.4. The van der Waals surface area contributed by atoms with Crippen molar-refractivity contribution in [3.8, 4) is 0 Å². The molecule has 1 saturated heterocycles. The highest BCUT2D eigenvalue weighted by Gasteiger charge is 2.35. The topological polar surface area (TPSA) is 60.1 Å². The van der Waals surface area contributed by atoms with E-state index in [1.807, 2.05) is 4.90 Å². The predicted octanol–water partition coefficient (Wildman–Crippen LogP) is 2.74. The van der Waals surface area contributed by atoms with Gasteiger partial charge in [-0.15, -0.1) is 0 Å². The molecule has 3 heterocycles. The highest BCUT2D eigenvalue weighted by atomic mass is 79.9. The monoisotopic (exact) mass is 436 g/mol. The summed E-state index contributed by atoms with van der Waals surface area (Å²) in [4.78, 5) is 27.8. The minimum absolute atomic E-state index is 0.0109. The molecule has 0 aliphatic carbocycles. The number of fused-ring (bicyclic) bond motifs is 1. The molecule has 1 fully saturated rings. The van der Waals surface area contributed by atoms with Crippen LogP contribution in [0.15, 0.2) is 27.5 Å². The number of hydrogen-bond donors (Lipinski definition) is 0. The van der Waals surface area contributed by atoms with Gasteiger partial charge in [0.15, 0.2) is 0 Å². The average molecular weight is 437 g/mol. The van der Waals surface area contributed by atoms with Gasteiger partial charge in [-0.05, 0) is 37.3 Å². The molecule has 27 heavy (non-hydrogen) atoms. The van der Waals surface area contributed by atoms with Gasteiger partial charge in [0.05, 0.1) is 6.54 Å². The van der Waals surface area contributed by atoms with Crippen LogP contribution >= 0.6 is 15.9 Å². The lowest BCUT2D eigenvalue weighted by molar-refractivity contribution is -0.134. The lowest BCUT2D eigenvalue weighted by Gasteiger charge is -2.27. The zero-order valence-electron chi connectivity index (χ0n) is 15.2. The van der Waals surface area contributed by atoms with E-state index in [1.165, 1.54) is 15.3 Å². The molecule has 0 unspecified atom stereocenters. The summed E-state index contributed by atoms with van der Waals surface area (Å²) < 4.78 is 17.6. The third-order valence-corrected chi connectivity index (χ3v) is 5.98. The van der Waals surface area contributed by atoms with E-state index in [9.17, 15) is 14.0 Å². The van der Waals surface area contributed by atoms with Gasteiger partial charge in [-0.3, -0.25) is 9.36 Å². The van der Waals surface area contributed by atoms with Crippen molar-refractivity contribution in [3.05, 3.63) is 50.4 Å². The lowest BCUT2D eigenvalue weighted by atomic mass is 10.0. The number of amides is 1. The smallest absolute Gasteiger partial charge is 0.341 e. The van der Waals surface area contributed by atoms with Crippen molar-refractivity contribution in [2.24, 2.45) is 5.92 Å². The molecule has 1 amide bonds. The Morgan fingerprint density at radius 3 is 2.89 bits per heavy atom. The molecule has 0 spiro atoms. The summed E-state index contributed by atoms with van der Waals surface area (Å²) in [6.07, 6.45) is 3.13. The molecular formula is C19H22BrFN4O2. The molecule has 0 radical (unpaired) electrons. The standard InChI is InChI=1S/C19H22BrFN4O2/c1-12-7-8-23(10-12)18(26)16-3-2-4-17-22-24(19(27)25(16)17)11-13-5-6-14(20)9-15(13)21/h5-6,9,12,16H,2-4,7-8,10-11H2,1H3/t12-,16-/m0/s1. The van der Waals surface area contributed by atoms with Crippen molar-refractivity contribution < 1.29 is 9.18 Å². The van der Waals surface area contributed by atoms with Gasteiger partial charge in [0.1, 0.15) is 17.7 Å². The Balaban J connectivity index is 1.64. The Morgan fingerprint density at radius 1 is 1.37 bits per heavy atom. The molecule has 4 rings (SSSR count). The summed E-state index contributed by atoms with van der Waals surface area (Å²) in [5.41, 5.74) is 0.0598. The van der Waals surface area contributed by atoms with E-state index in [0.29, 0.717) is 34.6 Å². The zero-order chi connectivity index (χ0) is 19.1. The number of hydrogen-bond acceptors (Lipinski definition) is 3. The molecule has 8 heteroatoms. The van der Waals surface area contributed by atoms with Crippen LogP contribution in [0.25, 0.3) is 0 Å². The van der Waals surface area contributed by atoms with Gasteiger partial charge in [-0.2, -0.15) is 5.10 Å². The minimum Gasteiger partial charge on any atom is -0.341 e. The van der Waals surface area contributed by atoms with Gasteiger partial charge < -0.3 is 4.90 Å². The first-order chi connectivity index (χ1) is 12.9. The van der Waals surface area contributed by atoms with Crippen molar-refractivity contribution in [3.63, 3.8) is 0 Å². The quantitative estimate of drug-likeness (QED) is 0.742. The zero-order valence-corrected chi connectivity index (χ0v) is 16.8. The fraction of sp³-hybridized carbons (Fsp3) is 0.526. The number of carbonyl (C=O) groups is 1. The van der Waals surface area contributed by atoms with Crippen LogP contribution in [-0.2, 0) is 17.8 Å². The van der Waals surface area contributed by atoms with Gasteiger partial charge in [0, 0.05) is 29.5 Å². The van der Waals surface area contributed by atoms with E-state index in [0.717, 1.165) is 25.9 Å². The van der Waals surface area contributed by atoms with Crippen LogP contribution in [0.2, 0.25) is 0 Å². The molecule has 2 atom stereocenters. The van der Waals surface area contributed by atoms with Gasteiger partial charge >= 0.3 is 5.69 Å². The maximum atomic E-state index is 14.2. The molecule has 144 valence electrons. The summed E-state index contributed by atoms with van der Waals surface area (Å²) >= 11 is 3.23. The van der Waals surface area contributed by atoms with E-state index >= 15 is 0 Å². The molecule has 6 nitrogen and oxygen atoms in total. The van der Waals surface area contributed by atoms with E-state index in [4.69, 9.17) is 0 Å². The summed E-state index contributed by atoms with van der Waals surface area (Å²) in [5.74, 6) is 0.740. The van der Waals surface area contributed by atoms with Crippen LogP contribution < -0.4 is 5.69 Å². The van der Waals surface area contributed by atoms with Crippen molar-refractivity contribution in [2.75, 3.05) is 13.1 Å². The van der Waals surface area contributed by atoms with Crippen molar-refractivity contribution >= 4 is 21.8 Å². The van der Waals surface area contributed by atoms with Crippen LogP contribution in [-0.4, -0.2) is 38.2 Å². The maximum absolute atomic E-state index is 14.2. The first-order valence-electron chi connectivity index (χ1n) is 9.35. The Hall–Kier alpha value is -1.96. The second kappa shape index (κ2) is 7.22. The predicted molar refractivity (Wildman–Crippen MR) is 102 cm³/mol. The van der Waals surface area contributed by atoms with Crippen LogP contribution in [0.3, 0.4) is 0 Å². The average Bonchev–Trinajstić information content (AvgIpc) is 3.21. The molecule has 2 aliphatic rings. The molecule has 0 N–H and O–H groups in total. The summed E-state index contributed by atoms with van der Waals surface area (Å²) in [6, 6.07) is 4.26. The highest BCUT2D eigenvalue weighted by Crippen LogP contribution is 2.27. The second-order valence-electron chi connectivity index (χ2n) is 7.55. The van der Waals surface area contributed by atoms with Crippen molar-refractivity contribution in [1.29, 1.82) is 0 Å². The Labute approximate surface area is 165 Å². The summed E-state index contributed by atoms with van der Waals surface area (Å²) in [7, 11) is 0. The van der Waals surface area contributed by atoms with Crippen LogP contribution in [0.4, 0.5) is 4.39 Å². The summed E-state index contributed by atoms with van der Waals surface area (Å²) in [5, 5.41) is 4.40. The molecule has 1 aromatic heterocycles. The van der Waals surface area contributed by atoms with E-state index in [-0.39, 0.29) is 24.0 Å². The van der Waals surface area contributed by atoms with E-state index in [2.05, 4.69) is 28.0 Å². The molecule has 1 aromatic carbocycles. The van der Waals surface area contributed by atoms with E-state index < -0.39 is 6.04 Å². The maximum Gasteiger partial charge on any atom is 0.346 e. The highest BCUT2D eigenvalue weighted by molar-refractivity contribution is 9.10. The van der Waals surface area contributed by atoms with Gasteiger partial charge in [-0.25, -0.2) is 13.9 Å². The molecule has 2 aliphatic heterocycles. The Bertz CT molecular complexity index is 938. The Kier molecular flexibility index (Phi) is 4.92. The molecular weight excluding hydrogens is 415 g/mol. The van der Waals surface area contributed by atoms with Crippen LogP contribution in [0, 0.1) is 11.7 Å². The summed E-state index contributed by atoms with van der Waals surface area (Å²) in [6.45, 7) is 3.69. The van der Waals surface area contributed by atoms with Crippen LogP contribution in [0.5, 0.6) is 0 Å². The van der Waals surface area contributed by atoms with Crippen LogP contribution in [0.1, 0.15) is 43.6 Å². The third-order valence-electron chi connectivity index (χ3n) is 5.49. The third kappa shape index (κ3) is 3.47. The number of aryl methyl sites for hydroxylation is 1. The first-order valence-corrected chi connectivity index (χ1v) is 10.1. The number of rotatable bonds is 3. The number of halogens is 2. The second-order valence-corrected chi connectivity index (χ2v) is 8.46. The molecule has 0 bridgehead atoms. The molecule has 2 aromatic rings. The fourth-order valence-electron chi connectivity index (χ4n) is 4.03. The number of aromatic nitrogens is 3. The van der Waals surface area contributed by atoms with Gasteiger partial charge in [0.25, 0.3) is 0 Å². The normalized spacial score (nSPS) is 22.1. The molecule has 0 saturated carbocycles. The SMILES string of the molecule is C[C@H]1CCN(C(=O)[C@@H]2CCCc3nn(Cc4ccc(Br)cc4F)c(=O)n32)C1.